The Morgan fingerprint density at radius 2 is 1.96 bits per heavy atom. The minimum atomic E-state index is -4.30. The van der Waals surface area contributed by atoms with Crippen LogP contribution < -0.4 is 0 Å². The molecule has 1 amide bonds. The molecule has 1 atom stereocenters. The second kappa shape index (κ2) is 6.71. The molecule has 1 aliphatic heterocycles. The van der Waals surface area contributed by atoms with E-state index in [2.05, 4.69) is 5.10 Å². The third-order valence-corrected chi connectivity index (χ3v) is 4.74. The summed E-state index contributed by atoms with van der Waals surface area (Å²) in [6, 6.07) is 9.02. The summed E-state index contributed by atoms with van der Waals surface area (Å²) in [5.74, 6) is -1.99. The molecule has 0 aliphatic carbocycles. The Balaban J connectivity index is 1.89. The topological polar surface area (TPSA) is 38.1 Å². The predicted molar refractivity (Wildman–Crippen MR) is 88.0 cm³/mol. The van der Waals surface area contributed by atoms with Crippen molar-refractivity contribution in [2.75, 3.05) is 13.1 Å². The van der Waals surface area contributed by atoms with Crippen molar-refractivity contribution in [3.8, 4) is 5.69 Å². The summed E-state index contributed by atoms with van der Waals surface area (Å²) in [5, 5.41) is 4.39. The summed E-state index contributed by atoms with van der Waals surface area (Å²) in [6.07, 6.45) is -3.94. The second-order valence-electron chi connectivity index (χ2n) is 6.13. The van der Waals surface area contributed by atoms with Gasteiger partial charge in [0.25, 0.3) is 5.91 Å². The van der Waals surface area contributed by atoms with Crippen LogP contribution in [0.1, 0.15) is 28.9 Å². The fourth-order valence-corrected chi connectivity index (χ4v) is 3.42. The van der Waals surface area contributed by atoms with Crippen molar-refractivity contribution in [1.82, 2.24) is 14.7 Å². The van der Waals surface area contributed by atoms with Crippen molar-refractivity contribution < 1.29 is 18.0 Å². The van der Waals surface area contributed by atoms with Gasteiger partial charge in [0.1, 0.15) is 5.15 Å². The van der Waals surface area contributed by atoms with Crippen molar-refractivity contribution in [2.24, 2.45) is 5.92 Å². The number of rotatable bonds is 2. The van der Waals surface area contributed by atoms with Gasteiger partial charge in [-0.2, -0.15) is 18.3 Å². The molecule has 3 rings (SSSR count). The zero-order chi connectivity index (χ0) is 18.2. The molecule has 134 valence electrons. The maximum absolute atomic E-state index is 13.0. The Hall–Kier alpha value is -2.02. The fourth-order valence-electron chi connectivity index (χ4n) is 3.07. The predicted octanol–water partition coefficient (Wildman–Crippen LogP) is 4.25. The van der Waals surface area contributed by atoms with E-state index in [9.17, 15) is 18.0 Å². The van der Waals surface area contributed by atoms with Gasteiger partial charge < -0.3 is 4.90 Å². The number of halogens is 4. The van der Waals surface area contributed by atoms with Crippen LogP contribution >= 0.6 is 11.6 Å². The molecular formula is C17H17ClF3N3O. The monoisotopic (exact) mass is 371 g/mol. The van der Waals surface area contributed by atoms with Crippen molar-refractivity contribution in [1.29, 1.82) is 0 Å². The molecule has 0 saturated carbocycles. The van der Waals surface area contributed by atoms with Gasteiger partial charge in [-0.15, -0.1) is 0 Å². The second-order valence-corrected chi connectivity index (χ2v) is 6.49. The molecule has 1 fully saturated rings. The normalized spacial score (nSPS) is 18.4. The van der Waals surface area contributed by atoms with E-state index in [1.807, 2.05) is 18.2 Å². The summed E-state index contributed by atoms with van der Waals surface area (Å²) >= 11 is 6.34. The van der Waals surface area contributed by atoms with Gasteiger partial charge in [-0.25, -0.2) is 4.68 Å². The molecule has 2 aromatic rings. The number of nitrogens with zero attached hydrogens (tertiary/aromatic N) is 3. The zero-order valence-corrected chi connectivity index (χ0v) is 14.3. The molecule has 1 aromatic carbocycles. The van der Waals surface area contributed by atoms with Gasteiger partial charge in [0.2, 0.25) is 0 Å². The number of likely N-dealkylation sites (tertiary alicyclic amines) is 1. The third kappa shape index (κ3) is 3.51. The minimum Gasteiger partial charge on any atom is -0.338 e. The number of carbonyl (C=O) groups excluding carboxylic acids is 1. The molecule has 25 heavy (non-hydrogen) atoms. The summed E-state index contributed by atoms with van der Waals surface area (Å²) in [4.78, 5) is 14.0. The van der Waals surface area contributed by atoms with Crippen LogP contribution in [0.3, 0.4) is 0 Å². The van der Waals surface area contributed by atoms with Crippen LogP contribution in [0.2, 0.25) is 5.15 Å². The number of piperidine rings is 1. The fraction of sp³-hybridized carbons (Fsp3) is 0.412. The quantitative estimate of drug-likeness (QED) is 0.791. The average Bonchev–Trinajstić information content (AvgIpc) is 2.89. The molecule has 0 bridgehead atoms. The molecule has 4 nitrogen and oxygen atoms in total. The molecule has 1 saturated heterocycles. The smallest absolute Gasteiger partial charge is 0.338 e. The number of alkyl halides is 3. The maximum atomic E-state index is 13.0. The van der Waals surface area contributed by atoms with E-state index >= 15 is 0 Å². The molecule has 1 aliphatic rings. The standard InChI is InChI=1S/C17H17ClF3N3O/c1-11-14(15(18)24(22-11)13-7-3-2-4-8-13)16(25)23-9-5-6-12(10-23)17(19,20)21/h2-4,7-8,12H,5-6,9-10H2,1H3. The lowest BCUT2D eigenvalue weighted by atomic mass is 9.97. The number of benzene rings is 1. The lowest BCUT2D eigenvalue weighted by Gasteiger charge is -2.33. The van der Waals surface area contributed by atoms with Gasteiger partial charge in [-0.1, -0.05) is 29.8 Å². The highest BCUT2D eigenvalue weighted by molar-refractivity contribution is 6.33. The van der Waals surface area contributed by atoms with E-state index in [0.717, 1.165) is 0 Å². The van der Waals surface area contributed by atoms with Gasteiger partial charge in [0.05, 0.1) is 22.9 Å². The number of aromatic nitrogens is 2. The molecule has 0 spiro atoms. The Morgan fingerprint density at radius 1 is 1.28 bits per heavy atom. The van der Waals surface area contributed by atoms with E-state index in [0.29, 0.717) is 17.8 Å². The first-order valence-electron chi connectivity index (χ1n) is 7.95. The van der Waals surface area contributed by atoms with E-state index in [1.54, 1.807) is 19.1 Å². The van der Waals surface area contributed by atoms with Crippen LogP contribution in [0.15, 0.2) is 30.3 Å². The van der Waals surface area contributed by atoms with Crippen molar-refractivity contribution in [3.05, 3.63) is 46.7 Å². The van der Waals surface area contributed by atoms with Crippen LogP contribution in [-0.2, 0) is 0 Å². The molecule has 0 N–H and O–H groups in total. The number of hydrogen-bond acceptors (Lipinski definition) is 2. The molecule has 1 aromatic heterocycles. The lowest BCUT2D eigenvalue weighted by Crippen LogP contribution is -2.44. The maximum Gasteiger partial charge on any atom is 0.393 e. The molecule has 1 unspecified atom stereocenters. The summed E-state index contributed by atoms with van der Waals surface area (Å²) in [5.41, 5.74) is 1.24. The van der Waals surface area contributed by atoms with E-state index in [1.165, 1.54) is 9.58 Å². The first kappa shape index (κ1) is 17.8. The van der Waals surface area contributed by atoms with Gasteiger partial charge >= 0.3 is 6.18 Å². The van der Waals surface area contributed by atoms with Gasteiger partial charge in [0, 0.05) is 13.1 Å². The van der Waals surface area contributed by atoms with Crippen LogP contribution in [-0.4, -0.2) is 39.9 Å². The summed E-state index contributed by atoms with van der Waals surface area (Å²) < 4.78 is 40.4. The van der Waals surface area contributed by atoms with Crippen LogP contribution in [0.25, 0.3) is 5.69 Å². The molecule has 2 heterocycles. The molecular weight excluding hydrogens is 355 g/mol. The van der Waals surface area contributed by atoms with Crippen molar-refractivity contribution >= 4 is 17.5 Å². The zero-order valence-electron chi connectivity index (χ0n) is 13.6. The highest BCUT2D eigenvalue weighted by atomic mass is 35.5. The van der Waals surface area contributed by atoms with Crippen molar-refractivity contribution in [3.63, 3.8) is 0 Å². The summed E-state index contributed by atoms with van der Waals surface area (Å²) in [6.45, 7) is 1.58. The number of aryl methyl sites for hydroxylation is 1. The highest BCUT2D eigenvalue weighted by Gasteiger charge is 2.43. The van der Waals surface area contributed by atoms with Crippen molar-refractivity contribution in [2.45, 2.75) is 25.9 Å². The number of carbonyl (C=O) groups is 1. The summed E-state index contributed by atoms with van der Waals surface area (Å²) in [7, 11) is 0. The number of hydrogen-bond donors (Lipinski definition) is 0. The molecule has 0 radical (unpaired) electrons. The van der Waals surface area contributed by atoms with Crippen LogP contribution in [0.4, 0.5) is 13.2 Å². The Labute approximate surface area is 148 Å². The SMILES string of the molecule is Cc1nn(-c2ccccc2)c(Cl)c1C(=O)N1CCCC(C(F)(F)F)C1. The highest BCUT2D eigenvalue weighted by Crippen LogP contribution is 2.34. The van der Waals surface area contributed by atoms with E-state index in [4.69, 9.17) is 11.6 Å². The molecule has 8 heteroatoms. The first-order chi connectivity index (χ1) is 11.8. The van der Waals surface area contributed by atoms with Gasteiger partial charge in [-0.3, -0.25) is 4.79 Å². The lowest BCUT2D eigenvalue weighted by molar-refractivity contribution is -0.184. The Bertz CT molecular complexity index is 773. The van der Waals surface area contributed by atoms with Crippen LogP contribution in [0.5, 0.6) is 0 Å². The minimum absolute atomic E-state index is 0.0449. The largest absolute Gasteiger partial charge is 0.393 e. The van der Waals surface area contributed by atoms with E-state index in [-0.39, 0.29) is 30.2 Å². The van der Waals surface area contributed by atoms with Gasteiger partial charge in [-0.05, 0) is 31.9 Å². The van der Waals surface area contributed by atoms with Crippen LogP contribution in [0, 0.1) is 12.8 Å². The first-order valence-corrected chi connectivity index (χ1v) is 8.33. The Kier molecular flexibility index (Phi) is 4.77. The number of amides is 1. The number of para-hydroxylation sites is 1. The van der Waals surface area contributed by atoms with E-state index < -0.39 is 18.0 Å². The average molecular weight is 372 g/mol. The Morgan fingerprint density at radius 3 is 2.60 bits per heavy atom. The van der Waals surface area contributed by atoms with Gasteiger partial charge in [0.15, 0.2) is 0 Å². The third-order valence-electron chi connectivity index (χ3n) is 4.39.